The summed E-state index contributed by atoms with van der Waals surface area (Å²) < 4.78 is 0. The number of rotatable bonds is 12. The van der Waals surface area contributed by atoms with Crippen molar-refractivity contribution < 1.29 is 60.3 Å². The minimum atomic E-state index is -1.40. The number of aryl methyl sites for hydroxylation is 4. The first-order valence-electron chi connectivity index (χ1n) is 49.8. The number of aromatic nitrogens is 6. The van der Waals surface area contributed by atoms with Crippen LogP contribution in [0.4, 0.5) is 34.1 Å². The van der Waals surface area contributed by atoms with Crippen LogP contribution in [0.2, 0.25) is 58.9 Å². The number of hydrogen-bond acceptors (Lipinski definition) is 9. The Morgan fingerprint density at radius 3 is 0.897 bits per heavy atom. The van der Waals surface area contributed by atoms with Crippen molar-refractivity contribution >= 4 is 107 Å². The zero-order chi connectivity index (χ0) is 99.3. The Morgan fingerprint density at radius 1 is 0.274 bits per heavy atom. The Hall–Kier alpha value is -13.2. The number of fused-ring (bicyclic) bond motifs is 12. The zero-order valence-corrected chi connectivity index (χ0v) is 95.9. The maximum Gasteiger partial charge on any atom is 0.0799 e. The first-order valence-corrected chi connectivity index (χ1v) is 60.3. The van der Waals surface area contributed by atoms with Gasteiger partial charge in [-0.05, 0) is 180 Å². The molecule has 3 radical (unpaired) electrons. The normalized spacial score (nSPS) is 16.1. The summed E-state index contributed by atoms with van der Waals surface area (Å²) in [6.07, 6.45) is 32.9. The first kappa shape index (κ1) is 106. The van der Waals surface area contributed by atoms with Gasteiger partial charge in [0.2, 0.25) is 0 Å². The molecule has 0 N–H and O–H groups in total. The maximum atomic E-state index is 4.88. The molecule has 3 aliphatic carbocycles. The van der Waals surface area contributed by atoms with Gasteiger partial charge in [-0.1, -0.05) is 358 Å². The number of pyridine rings is 6. The van der Waals surface area contributed by atoms with E-state index < -0.39 is 24.2 Å². The molecule has 146 heavy (non-hydrogen) atoms. The standard InChI is InChI=1S/3C27H19N2.C19H26NSi.C16H20NSi.C15H18NSi.3Ir/c3*1-2-9-21(10-3-1)29-26-13-7-5-11-22(26)23-16-14-20(18-27(23)29)25-17-15-19-8-4-6-12-24(19)28-25;1-14-9-8-10-15(11-14)17-12-16(19(2,3)4)18(13-20-17)21(5,6)7;1-12-7-6-8-14(9-12)15-10-13(2)16(11-17-15)18(3,4)5;1-12-10-14(13-8-6-5-7-9-13)16-11-15(12)17(2,3)4;;;/h3*1-13,15-18,22,26H;8-9,11-13H,1-7H3;6-7,9-11H,1-5H3;5-8,10-11H,1-4H3;;;/q6*-1;;;. The van der Waals surface area contributed by atoms with E-state index in [1.54, 1.807) is 0 Å². The van der Waals surface area contributed by atoms with Crippen LogP contribution in [-0.2, 0) is 65.7 Å². The SMILES string of the molecule is Cc1cc(-c2[c-]cccc2)ncc1[Si](C)(C)C.Cc1cc[c-]c(-c2cc(C(C)(C)C)c([Si](C)(C)C)cn2)c1.Cc1cc[c-]c(-c2cc(C)c([Si](C)(C)C)cn2)c1.[Ir].[Ir].[Ir].[c-]1cc2c(cc1-c1ccc3ccccc3n1)N(c1ccccc1)C1C=CC=CC21.[c-]1cc2c(cc1-c1ccc3ccccc3n1)N(c1ccccc1)C1C=CC=CC21.[c-]1cc2c(cc1-c1ccc3ccccc3n1)N(c1ccccc1)C1C=CC=CC21. The monoisotopic (exact) mass is 2480 g/mol. The van der Waals surface area contributed by atoms with E-state index in [0.29, 0.717) is 35.9 Å². The van der Waals surface area contributed by atoms with E-state index in [9.17, 15) is 0 Å². The van der Waals surface area contributed by atoms with Crippen molar-refractivity contribution in [2.24, 2.45) is 0 Å². The molecule has 9 nitrogen and oxygen atoms in total. The van der Waals surface area contributed by atoms with Crippen LogP contribution in [0, 0.1) is 64.1 Å². The number of hydrogen-bond donors (Lipinski definition) is 0. The Labute approximate surface area is 907 Å². The number of anilines is 6. The molecule has 18 aromatic rings. The van der Waals surface area contributed by atoms with E-state index in [0.717, 1.165) is 100 Å². The molecular formula is C131H121Ir3N9Si3-6. The average Bonchev–Trinajstić information content (AvgIpc) is 1.60. The van der Waals surface area contributed by atoms with Gasteiger partial charge >= 0.3 is 0 Å². The number of benzene rings is 12. The second kappa shape index (κ2) is 45.8. The molecule has 6 atom stereocenters. The second-order valence-electron chi connectivity index (χ2n) is 41.9. The number of allylic oxidation sites excluding steroid dienone is 6. The first-order chi connectivity index (χ1) is 69.1. The van der Waals surface area contributed by atoms with Crippen LogP contribution in [0.15, 0.2) is 407 Å². The number of para-hydroxylation sites is 6. The molecule has 0 amide bonds. The molecule has 9 heterocycles. The van der Waals surface area contributed by atoms with Crippen LogP contribution in [0.1, 0.15) is 83.0 Å². The van der Waals surface area contributed by atoms with Crippen LogP contribution in [-0.4, -0.2) is 72.3 Å². The van der Waals surface area contributed by atoms with Crippen molar-refractivity contribution in [2.75, 3.05) is 14.7 Å². The fourth-order valence-electron chi connectivity index (χ4n) is 20.4. The van der Waals surface area contributed by atoms with E-state index in [1.165, 1.54) is 94.2 Å². The van der Waals surface area contributed by atoms with Gasteiger partial charge in [0.15, 0.2) is 0 Å². The molecule has 6 aromatic heterocycles. The maximum absolute atomic E-state index is 4.88. The Bertz CT molecular complexity index is 7410. The quantitative estimate of drug-likeness (QED) is 0.0877. The summed E-state index contributed by atoms with van der Waals surface area (Å²) in [6, 6.07) is 131. The molecule has 0 fully saturated rings. The third-order valence-corrected chi connectivity index (χ3v) is 33.8. The summed E-state index contributed by atoms with van der Waals surface area (Å²) >= 11 is 0. The summed E-state index contributed by atoms with van der Waals surface area (Å²) in [6.45, 7) is 36.7. The molecule has 0 saturated heterocycles. The molecule has 12 aromatic carbocycles. The molecule has 24 rings (SSSR count). The molecular weight excluding hydrogens is 2360 g/mol. The molecule has 0 bridgehead atoms. The Balaban J connectivity index is 0.000000127. The molecule has 735 valence electrons. The Kier molecular flexibility index (Phi) is 33.1. The summed E-state index contributed by atoms with van der Waals surface area (Å²) in [5, 5.41) is 7.82. The van der Waals surface area contributed by atoms with Gasteiger partial charge in [-0.3, -0.25) is 15.0 Å². The average molecular weight is 2480 g/mol. The second-order valence-corrected chi connectivity index (χ2v) is 57.0. The third kappa shape index (κ3) is 23.5. The topological polar surface area (TPSA) is 87.1 Å². The van der Waals surface area contributed by atoms with Gasteiger partial charge in [-0.25, -0.2) is 0 Å². The van der Waals surface area contributed by atoms with E-state index in [2.05, 4.69) is 509 Å². The molecule has 3 aliphatic heterocycles. The molecule has 15 heteroatoms. The van der Waals surface area contributed by atoms with Crippen LogP contribution in [0.3, 0.4) is 0 Å². The van der Waals surface area contributed by atoms with Crippen LogP contribution >= 0.6 is 0 Å². The minimum Gasteiger partial charge on any atom is -0.352 e. The number of nitrogens with zero attached hydrogens (tertiary/aromatic N) is 9. The summed E-state index contributed by atoms with van der Waals surface area (Å²) in [5.74, 6) is 1.06. The van der Waals surface area contributed by atoms with Gasteiger partial charge < -0.3 is 29.7 Å². The van der Waals surface area contributed by atoms with Crippen molar-refractivity contribution in [3.8, 4) is 67.5 Å². The van der Waals surface area contributed by atoms with Gasteiger partial charge in [0.1, 0.15) is 0 Å². The van der Waals surface area contributed by atoms with Gasteiger partial charge in [0.05, 0.1) is 58.9 Å². The largest absolute Gasteiger partial charge is 0.352 e. The summed E-state index contributed by atoms with van der Waals surface area (Å²) in [5.41, 5.74) is 33.4. The third-order valence-electron chi connectivity index (χ3n) is 27.5. The van der Waals surface area contributed by atoms with E-state index in [1.807, 2.05) is 66.7 Å². The smallest absolute Gasteiger partial charge is 0.0799 e. The minimum absolute atomic E-state index is 0. The fraction of sp³-hybridized carbons (Fsp3) is 0.176. The van der Waals surface area contributed by atoms with Crippen molar-refractivity contribution in [1.29, 1.82) is 0 Å². The Morgan fingerprint density at radius 2 is 0.575 bits per heavy atom. The van der Waals surface area contributed by atoms with Crippen molar-refractivity contribution in [1.82, 2.24) is 29.9 Å². The van der Waals surface area contributed by atoms with Crippen LogP contribution < -0.4 is 30.3 Å². The van der Waals surface area contributed by atoms with Gasteiger partial charge in [0.25, 0.3) is 0 Å². The molecule has 6 aliphatic rings. The summed E-state index contributed by atoms with van der Waals surface area (Å²) in [7, 11) is -3.95. The van der Waals surface area contributed by atoms with Gasteiger partial charge in [0, 0.05) is 96.0 Å². The van der Waals surface area contributed by atoms with Crippen molar-refractivity contribution in [2.45, 2.75) is 149 Å². The van der Waals surface area contributed by atoms with E-state index in [4.69, 9.17) is 19.9 Å². The predicted octanol–water partition coefficient (Wildman–Crippen LogP) is 31.1. The summed E-state index contributed by atoms with van der Waals surface area (Å²) in [4.78, 5) is 35.9. The van der Waals surface area contributed by atoms with Crippen molar-refractivity contribution in [3.05, 3.63) is 488 Å². The molecule has 6 unspecified atom stereocenters. The van der Waals surface area contributed by atoms with E-state index >= 15 is 0 Å². The zero-order valence-electron chi connectivity index (χ0n) is 85.7. The predicted molar refractivity (Wildman–Crippen MR) is 610 cm³/mol. The molecule has 0 spiro atoms. The van der Waals surface area contributed by atoms with Crippen LogP contribution in [0.5, 0.6) is 0 Å². The van der Waals surface area contributed by atoms with Gasteiger partial charge in [-0.15, -0.1) is 178 Å². The van der Waals surface area contributed by atoms with E-state index in [-0.39, 0.29) is 65.7 Å². The molecule has 0 saturated carbocycles. The van der Waals surface area contributed by atoms with Crippen molar-refractivity contribution in [3.63, 3.8) is 0 Å². The fourth-order valence-corrected chi connectivity index (χ4v) is 25.5. The van der Waals surface area contributed by atoms with Crippen LogP contribution in [0.25, 0.3) is 100 Å². The van der Waals surface area contributed by atoms with Gasteiger partial charge in [-0.2, -0.15) is 0 Å².